The molecule has 0 aliphatic carbocycles. The van der Waals surface area contributed by atoms with Crippen molar-refractivity contribution in [2.24, 2.45) is 0 Å². The summed E-state index contributed by atoms with van der Waals surface area (Å²) in [5, 5.41) is 2.24. The average molecular weight is 210 g/mol. The number of hydrogen-bond donors (Lipinski definition) is 0. The van der Waals surface area contributed by atoms with E-state index >= 15 is 0 Å². The van der Waals surface area contributed by atoms with Crippen LogP contribution in [0.2, 0.25) is 10.6 Å². The van der Waals surface area contributed by atoms with Gasteiger partial charge in [-0.1, -0.05) is 24.4 Å². The maximum absolute atomic E-state index is 12.8. The van der Waals surface area contributed by atoms with E-state index in [1.54, 1.807) is 6.07 Å². The Kier molecular flexibility index (Phi) is 4.44. The molecule has 1 nitrogen and oxygen atoms in total. The summed E-state index contributed by atoms with van der Waals surface area (Å²) in [7, 11) is 0. The maximum Gasteiger partial charge on any atom is 0.546 e. The summed E-state index contributed by atoms with van der Waals surface area (Å²) >= 11 is -1.08. The second-order valence-electron chi connectivity index (χ2n) is 3.47. The Hall–Kier alpha value is -0.518. The first-order valence-electron chi connectivity index (χ1n) is 5.10. The third-order valence-electron chi connectivity index (χ3n) is 2.34. The molecule has 0 saturated carbocycles. The summed E-state index contributed by atoms with van der Waals surface area (Å²) in [6, 6.07) is 4.71. The molecule has 14 heavy (non-hydrogen) atoms. The van der Waals surface area contributed by atoms with Crippen LogP contribution in [-0.2, 0) is 0 Å². The standard InChI is InChI=1S/C7H7FO.2C2H5.Al/c1-5-4-6(8)2-3-7(5)9;2*1-2;/h2-4,9H,1H3;2*1H2,2H3;/q;;;+1/p-1. The Morgan fingerprint density at radius 1 is 1.29 bits per heavy atom. The first-order valence-corrected chi connectivity index (χ1v) is 7.20. The smallest absolute Gasteiger partial charge is 0.546 e. The minimum absolute atomic E-state index is 0.193. The second kappa shape index (κ2) is 5.38. The van der Waals surface area contributed by atoms with Gasteiger partial charge in [0.05, 0.1) is 5.75 Å². The van der Waals surface area contributed by atoms with Gasteiger partial charge in [0.15, 0.2) is 0 Å². The van der Waals surface area contributed by atoms with Gasteiger partial charge in [-0.05, 0) is 30.7 Å². The zero-order chi connectivity index (χ0) is 10.6. The molecule has 0 aliphatic heterocycles. The summed E-state index contributed by atoms with van der Waals surface area (Å²) in [4.78, 5) is 0. The highest BCUT2D eigenvalue weighted by Crippen LogP contribution is 2.20. The first-order chi connectivity index (χ1) is 6.67. The van der Waals surface area contributed by atoms with E-state index in [-0.39, 0.29) is 5.82 Å². The molecular weight excluding hydrogens is 194 g/mol. The molecule has 0 radical (unpaired) electrons. The molecule has 0 N–H and O–H groups in total. The fraction of sp³-hybridized carbons (Fsp3) is 0.455. The van der Waals surface area contributed by atoms with Crippen molar-refractivity contribution >= 4 is 14.5 Å². The highest BCUT2D eigenvalue weighted by atomic mass is 27.2. The van der Waals surface area contributed by atoms with Crippen LogP contribution in [0.15, 0.2) is 18.2 Å². The van der Waals surface area contributed by atoms with Gasteiger partial charge in [0.25, 0.3) is 0 Å². The molecule has 0 aromatic heterocycles. The van der Waals surface area contributed by atoms with Crippen LogP contribution < -0.4 is 3.79 Å². The molecule has 3 heteroatoms. The Morgan fingerprint density at radius 3 is 2.43 bits per heavy atom. The molecule has 1 rings (SSSR count). The van der Waals surface area contributed by atoms with Gasteiger partial charge < -0.3 is 3.79 Å². The van der Waals surface area contributed by atoms with E-state index in [9.17, 15) is 4.39 Å². The van der Waals surface area contributed by atoms with Gasteiger partial charge in [-0.3, -0.25) is 0 Å². The van der Waals surface area contributed by atoms with Crippen LogP contribution in [0.3, 0.4) is 0 Å². The number of halogens is 1. The van der Waals surface area contributed by atoms with Crippen LogP contribution in [-0.4, -0.2) is 14.5 Å². The molecule has 0 amide bonds. The normalized spacial score (nSPS) is 10.0. The Labute approximate surface area is 89.6 Å². The summed E-state index contributed by atoms with van der Waals surface area (Å²) < 4.78 is 18.7. The molecule has 76 valence electrons. The lowest BCUT2D eigenvalue weighted by Gasteiger charge is -2.14. The van der Waals surface area contributed by atoms with E-state index in [2.05, 4.69) is 13.8 Å². The topological polar surface area (TPSA) is 9.23 Å². The van der Waals surface area contributed by atoms with E-state index in [0.717, 1.165) is 21.9 Å². The van der Waals surface area contributed by atoms with Gasteiger partial charge in [-0.15, -0.1) is 0 Å². The van der Waals surface area contributed by atoms with Gasteiger partial charge in [0.1, 0.15) is 5.82 Å². The molecule has 0 saturated heterocycles. The fourth-order valence-electron chi connectivity index (χ4n) is 1.38. The molecule has 1 aromatic carbocycles. The minimum Gasteiger partial charge on any atom is -0.642 e. The first kappa shape index (κ1) is 11.6. The lowest BCUT2D eigenvalue weighted by molar-refractivity contribution is 0.555. The molecule has 0 spiro atoms. The number of aryl methyl sites for hydroxylation is 1. The van der Waals surface area contributed by atoms with Crippen molar-refractivity contribution in [3.05, 3.63) is 29.6 Å². The number of benzene rings is 1. The lowest BCUT2D eigenvalue weighted by atomic mass is 10.2. The minimum atomic E-state index is -1.08. The number of hydrogen-bond acceptors (Lipinski definition) is 1. The number of rotatable bonds is 4. The lowest BCUT2D eigenvalue weighted by Crippen LogP contribution is -2.19. The SMILES string of the molecule is C[CH2][Al]([CH2]C)[O]c1ccc(F)cc1C. The summed E-state index contributed by atoms with van der Waals surface area (Å²) in [5.41, 5.74) is 0.893. The summed E-state index contributed by atoms with van der Waals surface area (Å²) in [5.74, 6) is 0.660. The molecule has 1 aromatic rings. The van der Waals surface area contributed by atoms with E-state index in [1.807, 2.05) is 6.92 Å². The van der Waals surface area contributed by atoms with Gasteiger partial charge in [-0.2, -0.15) is 0 Å². The zero-order valence-electron chi connectivity index (χ0n) is 9.01. The molecule has 0 heterocycles. The van der Waals surface area contributed by atoms with Crippen LogP contribution in [0.1, 0.15) is 19.4 Å². The molecule has 0 aliphatic rings. The molecule has 0 atom stereocenters. The van der Waals surface area contributed by atoms with Crippen molar-refractivity contribution in [1.29, 1.82) is 0 Å². The summed E-state index contributed by atoms with van der Waals surface area (Å²) in [6.07, 6.45) is 0. The van der Waals surface area contributed by atoms with Crippen LogP contribution in [0, 0.1) is 12.7 Å². The van der Waals surface area contributed by atoms with Crippen LogP contribution >= 0.6 is 0 Å². The maximum atomic E-state index is 12.8. The van der Waals surface area contributed by atoms with E-state index in [0.29, 0.717) is 0 Å². The predicted octanol–water partition coefficient (Wildman–Crippen LogP) is 3.54. The van der Waals surface area contributed by atoms with Crippen molar-refractivity contribution in [3.63, 3.8) is 0 Å². The monoisotopic (exact) mass is 210 g/mol. The van der Waals surface area contributed by atoms with Crippen molar-refractivity contribution < 1.29 is 8.18 Å². The van der Waals surface area contributed by atoms with Crippen LogP contribution in [0.5, 0.6) is 5.75 Å². The average Bonchev–Trinajstić information content (AvgIpc) is 2.17. The Bertz CT molecular complexity index is 297. The zero-order valence-corrected chi connectivity index (χ0v) is 10.2. The van der Waals surface area contributed by atoms with E-state index < -0.39 is 14.5 Å². The van der Waals surface area contributed by atoms with Crippen LogP contribution in [0.25, 0.3) is 0 Å². The van der Waals surface area contributed by atoms with Crippen LogP contribution in [0.4, 0.5) is 4.39 Å². The molecular formula is C11H16AlFO. The van der Waals surface area contributed by atoms with Crippen molar-refractivity contribution in [1.82, 2.24) is 0 Å². The molecule has 0 fully saturated rings. The van der Waals surface area contributed by atoms with Gasteiger partial charge >= 0.3 is 14.5 Å². The van der Waals surface area contributed by atoms with Gasteiger partial charge in [0.2, 0.25) is 0 Å². The Balaban J connectivity index is 2.76. The highest BCUT2D eigenvalue weighted by molar-refractivity contribution is 6.52. The largest absolute Gasteiger partial charge is 0.642 e. The van der Waals surface area contributed by atoms with Gasteiger partial charge in [0, 0.05) is 0 Å². The third-order valence-corrected chi connectivity index (χ3v) is 4.75. The summed E-state index contributed by atoms with van der Waals surface area (Å²) in [6.45, 7) is 6.19. The van der Waals surface area contributed by atoms with Crippen molar-refractivity contribution in [2.45, 2.75) is 31.3 Å². The van der Waals surface area contributed by atoms with E-state index in [4.69, 9.17) is 3.79 Å². The van der Waals surface area contributed by atoms with Crippen molar-refractivity contribution in [2.75, 3.05) is 0 Å². The van der Waals surface area contributed by atoms with Crippen molar-refractivity contribution in [3.8, 4) is 5.75 Å². The molecule has 0 bridgehead atoms. The quantitative estimate of drug-likeness (QED) is 0.690. The molecule has 0 unspecified atom stereocenters. The fourth-order valence-corrected chi connectivity index (χ4v) is 2.91. The Morgan fingerprint density at radius 2 is 1.93 bits per heavy atom. The van der Waals surface area contributed by atoms with E-state index in [1.165, 1.54) is 12.1 Å². The highest BCUT2D eigenvalue weighted by Gasteiger charge is 2.18. The predicted molar refractivity (Wildman–Crippen MR) is 58.5 cm³/mol. The third kappa shape index (κ3) is 3.01. The van der Waals surface area contributed by atoms with Gasteiger partial charge in [-0.25, -0.2) is 4.39 Å². The second-order valence-corrected chi connectivity index (χ2v) is 6.58.